The molecule has 1 amide bonds. The van der Waals surface area contributed by atoms with Crippen LogP contribution in [0, 0.1) is 0 Å². The molecule has 1 aliphatic heterocycles. The van der Waals surface area contributed by atoms with Crippen molar-refractivity contribution in [2.75, 3.05) is 5.75 Å². The van der Waals surface area contributed by atoms with Crippen LogP contribution in [0.5, 0.6) is 0 Å². The molecular formula is C17H18F3NO2S. The highest BCUT2D eigenvalue weighted by atomic mass is 32.2. The Bertz CT molecular complexity index is 672. The fourth-order valence-electron chi connectivity index (χ4n) is 2.44. The molecule has 1 aromatic rings. The highest BCUT2D eigenvalue weighted by Gasteiger charge is 2.42. The second-order valence-corrected chi connectivity index (χ2v) is 6.71. The van der Waals surface area contributed by atoms with Gasteiger partial charge in [-0.1, -0.05) is 37.3 Å². The molecule has 0 aliphatic carbocycles. The average Bonchev–Trinajstić information content (AvgIpc) is 2.76. The number of thioether (sulfide) groups is 1. The van der Waals surface area contributed by atoms with Crippen LogP contribution in [-0.2, 0) is 11.3 Å². The maximum atomic E-state index is 13.8. The quantitative estimate of drug-likeness (QED) is 0.840. The van der Waals surface area contributed by atoms with E-state index in [1.165, 1.54) is 6.92 Å². The van der Waals surface area contributed by atoms with E-state index >= 15 is 0 Å². The van der Waals surface area contributed by atoms with Crippen LogP contribution in [0.3, 0.4) is 0 Å². The summed E-state index contributed by atoms with van der Waals surface area (Å²) in [6.45, 7) is 3.13. The van der Waals surface area contributed by atoms with Crippen molar-refractivity contribution in [3.63, 3.8) is 0 Å². The number of rotatable bonds is 6. The summed E-state index contributed by atoms with van der Waals surface area (Å²) in [6, 6.07) is 8.94. The Morgan fingerprint density at radius 3 is 2.50 bits per heavy atom. The third kappa shape index (κ3) is 3.84. The highest BCUT2D eigenvalue weighted by Crippen LogP contribution is 2.38. The summed E-state index contributed by atoms with van der Waals surface area (Å²) >= 11 is 0.821. The summed E-state index contributed by atoms with van der Waals surface area (Å²) in [5, 5.41) is 10.5. The molecule has 3 nitrogen and oxygen atoms in total. The zero-order valence-electron chi connectivity index (χ0n) is 13.3. The van der Waals surface area contributed by atoms with Gasteiger partial charge in [0.1, 0.15) is 0 Å². The second-order valence-electron chi connectivity index (χ2n) is 5.44. The first-order valence-corrected chi connectivity index (χ1v) is 8.38. The van der Waals surface area contributed by atoms with E-state index in [4.69, 9.17) is 0 Å². The number of amides is 1. The molecule has 1 N–H and O–H groups in total. The van der Waals surface area contributed by atoms with E-state index in [1.807, 2.05) is 6.07 Å². The molecule has 0 saturated heterocycles. The van der Waals surface area contributed by atoms with Gasteiger partial charge in [0.25, 0.3) is 12.3 Å². The molecular weight excluding hydrogens is 339 g/mol. The van der Waals surface area contributed by atoms with E-state index in [2.05, 4.69) is 0 Å². The van der Waals surface area contributed by atoms with Crippen LogP contribution >= 0.6 is 11.8 Å². The lowest BCUT2D eigenvalue weighted by Crippen LogP contribution is -2.43. The van der Waals surface area contributed by atoms with Gasteiger partial charge in [0.2, 0.25) is 0 Å². The van der Waals surface area contributed by atoms with E-state index in [0.29, 0.717) is 5.75 Å². The zero-order valence-corrected chi connectivity index (χ0v) is 14.1. The highest BCUT2D eigenvalue weighted by molar-refractivity contribution is 8.03. The van der Waals surface area contributed by atoms with Gasteiger partial charge < -0.3 is 10.0 Å². The largest absolute Gasteiger partial charge is 0.367 e. The van der Waals surface area contributed by atoms with Gasteiger partial charge >= 0.3 is 0 Å². The molecule has 1 unspecified atom stereocenters. The standard InChI is InChI=1S/C17H18F3NO2S/c1-3-24-14(13(18)15(19)20)12-9-17(2,23)21(16(12)22)10-11-7-5-4-6-8-11/h4-9,15,23H,3,10H2,1-2H3/b14-13+. The summed E-state index contributed by atoms with van der Waals surface area (Å²) in [4.78, 5) is 13.3. The third-order valence-electron chi connectivity index (χ3n) is 3.57. The molecule has 0 saturated carbocycles. The van der Waals surface area contributed by atoms with Crippen molar-refractivity contribution in [3.8, 4) is 0 Å². The first kappa shape index (κ1) is 18.6. The summed E-state index contributed by atoms with van der Waals surface area (Å²) in [5.41, 5.74) is -1.13. The monoisotopic (exact) mass is 357 g/mol. The SMILES string of the molecule is CCS/C(C1=CC(C)(O)N(Cc2ccccc2)C1=O)=C(/F)C(F)F. The van der Waals surface area contributed by atoms with Crippen LogP contribution in [-0.4, -0.2) is 33.8 Å². The Morgan fingerprint density at radius 2 is 1.96 bits per heavy atom. The van der Waals surface area contributed by atoms with E-state index in [-0.39, 0.29) is 12.1 Å². The van der Waals surface area contributed by atoms with Crippen molar-refractivity contribution in [2.24, 2.45) is 0 Å². The molecule has 7 heteroatoms. The van der Waals surface area contributed by atoms with E-state index in [0.717, 1.165) is 28.3 Å². The molecule has 0 fully saturated rings. The third-order valence-corrected chi connectivity index (χ3v) is 4.56. The van der Waals surface area contributed by atoms with Crippen molar-refractivity contribution in [1.82, 2.24) is 4.90 Å². The summed E-state index contributed by atoms with van der Waals surface area (Å²) in [6.07, 6.45) is -2.17. The molecule has 1 heterocycles. The Morgan fingerprint density at radius 1 is 1.33 bits per heavy atom. The lowest BCUT2D eigenvalue weighted by Gasteiger charge is -2.29. The molecule has 2 rings (SSSR count). The minimum absolute atomic E-state index is 0.0903. The van der Waals surface area contributed by atoms with Crippen molar-refractivity contribution in [3.05, 3.63) is 58.3 Å². The van der Waals surface area contributed by atoms with Gasteiger partial charge in [0.15, 0.2) is 11.6 Å². The molecule has 0 bridgehead atoms. The van der Waals surface area contributed by atoms with Crippen LogP contribution in [0.1, 0.15) is 19.4 Å². The summed E-state index contributed by atoms with van der Waals surface area (Å²) in [7, 11) is 0. The van der Waals surface area contributed by atoms with Gasteiger partial charge in [-0.15, -0.1) is 11.8 Å². The Labute approximate surface area is 142 Å². The van der Waals surface area contributed by atoms with Crippen LogP contribution in [0.2, 0.25) is 0 Å². The molecule has 1 atom stereocenters. The molecule has 0 spiro atoms. The predicted molar refractivity (Wildman–Crippen MR) is 88.0 cm³/mol. The van der Waals surface area contributed by atoms with Gasteiger partial charge in [0, 0.05) is 6.54 Å². The minimum atomic E-state index is -3.30. The Hall–Kier alpha value is -1.73. The van der Waals surface area contributed by atoms with E-state index in [1.54, 1.807) is 31.2 Å². The number of benzene rings is 1. The average molecular weight is 357 g/mol. The molecule has 130 valence electrons. The number of aliphatic hydroxyl groups is 1. The van der Waals surface area contributed by atoms with E-state index in [9.17, 15) is 23.1 Å². The maximum Gasteiger partial charge on any atom is 0.290 e. The van der Waals surface area contributed by atoms with Gasteiger partial charge in [-0.2, -0.15) is 0 Å². The normalized spacial score (nSPS) is 22.0. The van der Waals surface area contributed by atoms with Crippen molar-refractivity contribution in [1.29, 1.82) is 0 Å². The maximum absolute atomic E-state index is 13.8. The van der Waals surface area contributed by atoms with Crippen LogP contribution in [0.25, 0.3) is 0 Å². The number of allylic oxidation sites excluding steroid dienone is 1. The van der Waals surface area contributed by atoms with E-state index < -0.39 is 28.8 Å². The second kappa shape index (κ2) is 7.44. The number of carbonyl (C=O) groups is 1. The fourth-order valence-corrected chi connectivity index (χ4v) is 3.26. The molecule has 1 aromatic carbocycles. The number of halogens is 3. The zero-order chi connectivity index (χ0) is 17.9. The number of carbonyl (C=O) groups excluding carboxylic acids is 1. The van der Waals surface area contributed by atoms with Gasteiger partial charge in [-0.25, -0.2) is 13.2 Å². The topological polar surface area (TPSA) is 40.5 Å². The van der Waals surface area contributed by atoms with Gasteiger partial charge in [0.05, 0.1) is 10.5 Å². The molecule has 24 heavy (non-hydrogen) atoms. The van der Waals surface area contributed by atoms with Crippen molar-refractivity contribution >= 4 is 17.7 Å². The smallest absolute Gasteiger partial charge is 0.290 e. The number of hydrogen-bond acceptors (Lipinski definition) is 3. The van der Waals surface area contributed by atoms with Gasteiger partial charge in [-0.3, -0.25) is 4.79 Å². The molecule has 0 radical (unpaired) electrons. The molecule has 0 aromatic heterocycles. The fraction of sp³-hybridized carbons (Fsp3) is 0.353. The minimum Gasteiger partial charge on any atom is -0.367 e. The number of nitrogens with zero attached hydrogens (tertiary/aromatic N) is 1. The van der Waals surface area contributed by atoms with Gasteiger partial charge in [-0.05, 0) is 24.3 Å². The number of alkyl halides is 2. The lowest BCUT2D eigenvalue weighted by atomic mass is 10.2. The number of hydrogen-bond donors (Lipinski definition) is 1. The van der Waals surface area contributed by atoms with Crippen molar-refractivity contribution in [2.45, 2.75) is 32.5 Å². The van der Waals surface area contributed by atoms with Crippen molar-refractivity contribution < 1.29 is 23.1 Å². The van der Waals surface area contributed by atoms with Crippen LogP contribution in [0.4, 0.5) is 13.2 Å². The summed E-state index contributed by atoms with van der Waals surface area (Å²) < 4.78 is 39.3. The predicted octanol–water partition coefficient (Wildman–Crippen LogP) is 3.86. The molecule has 1 aliphatic rings. The first-order chi connectivity index (χ1) is 11.3. The first-order valence-electron chi connectivity index (χ1n) is 7.40. The van der Waals surface area contributed by atoms with Crippen LogP contribution in [0.15, 0.2) is 52.7 Å². The Kier molecular flexibility index (Phi) is 5.77. The Balaban J connectivity index is 2.36. The summed E-state index contributed by atoms with van der Waals surface area (Å²) in [5.74, 6) is -1.99. The lowest BCUT2D eigenvalue weighted by molar-refractivity contribution is -0.140. The van der Waals surface area contributed by atoms with Crippen LogP contribution < -0.4 is 0 Å².